The number of nitrogens with one attached hydrogen (secondary N) is 1. The van der Waals surface area contributed by atoms with Crippen LogP contribution < -0.4 is 11.1 Å². The number of carbonyl (C=O) groups excluding carboxylic acids is 1. The monoisotopic (exact) mass is 337 g/mol. The molecule has 0 saturated heterocycles. The molecular weight excluding hydrogens is 314 g/mol. The molecule has 0 heterocycles. The van der Waals surface area contributed by atoms with Crippen molar-refractivity contribution in [1.82, 2.24) is 5.32 Å². The van der Waals surface area contributed by atoms with Gasteiger partial charge in [-0.05, 0) is 43.5 Å². The average Bonchev–Trinajstić information content (AvgIpc) is 2.53. The van der Waals surface area contributed by atoms with E-state index in [1.165, 1.54) is 12.1 Å². The highest BCUT2D eigenvalue weighted by atomic mass is 16.4. The number of amides is 1. The summed E-state index contributed by atoms with van der Waals surface area (Å²) in [5.41, 5.74) is 4.98. The Morgan fingerprint density at radius 1 is 1.33 bits per heavy atom. The van der Waals surface area contributed by atoms with Gasteiger partial charge in [-0.1, -0.05) is 12.5 Å². The number of carbonyl (C=O) groups is 2. The lowest BCUT2D eigenvalue weighted by molar-refractivity contribution is -0.139. The minimum absolute atomic E-state index is 0.174. The predicted octanol–water partition coefficient (Wildman–Crippen LogP) is 0.869. The van der Waals surface area contributed by atoms with Crippen molar-refractivity contribution >= 4 is 12.4 Å². The molecule has 1 aromatic rings. The van der Waals surface area contributed by atoms with Crippen molar-refractivity contribution in [2.24, 2.45) is 5.73 Å². The second-order valence-electron chi connectivity index (χ2n) is 4.96. The van der Waals surface area contributed by atoms with Gasteiger partial charge in [0.2, 0.25) is 6.41 Å². The quantitative estimate of drug-likeness (QED) is 0.254. The van der Waals surface area contributed by atoms with Crippen LogP contribution in [0.1, 0.15) is 31.2 Å². The number of carboxylic acid groups (broad SMARTS) is 1. The number of rotatable bonds is 9. The van der Waals surface area contributed by atoms with Crippen LogP contribution in [0.15, 0.2) is 18.2 Å². The van der Waals surface area contributed by atoms with E-state index in [0.29, 0.717) is 38.6 Å². The number of hydrogen-bond acceptors (Lipinski definition) is 6. The molecule has 8 nitrogen and oxygen atoms in total. The van der Waals surface area contributed by atoms with E-state index in [1.54, 1.807) is 6.07 Å². The van der Waals surface area contributed by atoms with Gasteiger partial charge in [-0.3, -0.25) is 9.59 Å². The van der Waals surface area contributed by atoms with E-state index >= 15 is 0 Å². The molecule has 0 saturated carbocycles. The van der Waals surface area contributed by atoms with Crippen molar-refractivity contribution in [1.29, 1.82) is 5.26 Å². The van der Waals surface area contributed by atoms with Gasteiger partial charge in [-0.25, -0.2) is 0 Å². The van der Waals surface area contributed by atoms with Crippen LogP contribution in [-0.2, 0) is 16.0 Å². The number of unbranched alkanes of at least 4 members (excludes halogenated alkanes) is 2. The molecule has 1 amide bonds. The molecule has 132 valence electrons. The maximum absolute atomic E-state index is 11.1. The van der Waals surface area contributed by atoms with E-state index in [2.05, 4.69) is 11.1 Å². The molecule has 0 aromatic heterocycles. The fraction of sp³-hybridized carbons (Fsp3) is 0.438. The van der Waals surface area contributed by atoms with Crippen molar-refractivity contribution < 1.29 is 24.9 Å². The number of nitrogens with two attached hydrogens (primary N) is 1. The van der Waals surface area contributed by atoms with E-state index in [9.17, 15) is 15.0 Å². The first kappa shape index (κ1) is 21.2. The molecule has 1 rings (SSSR count). The first-order chi connectivity index (χ1) is 11.5. The van der Waals surface area contributed by atoms with Crippen LogP contribution in [-0.4, -0.2) is 40.3 Å². The Labute approximate surface area is 140 Å². The minimum Gasteiger partial charge on any atom is -0.504 e. The fourth-order valence-electron chi connectivity index (χ4n) is 1.98. The van der Waals surface area contributed by atoms with Gasteiger partial charge in [0.05, 0.1) is 6.07 Å². The molecule has 0 spiro atoms. The Kier molecular flexibility index (Phi) is 11.2. The summed E-state index contributed by atoms with van der Waals surface area (Å²) in [7, 11) is 0. The van der Waals surface area contributed by atoms with Gasteiger partial charge >= 0.3 is 5.97 Å². The van der Waals surface area contributed by atoms with Crippen molar-refractivity contribution in [2.75, 3.05) is 6.54 Å². The highest BCUT2D eigenvalue weighted by molar-refractivity contribution is 5.73. The predicted molar refractivity (Wildman–Crippen MR) is 87.2 cm³/mol. The molecule has 1 aromatic carbocycles. The van der Waals surface area contributed by atoms with E-state index < -0.39 is 12.0 Å². The van der Waals surface area contributed by atoms with Crippen LogP contribution in [0.4, 0.5) is 0 Å². The van der Waals surface area contributed by atoms with Crippen LogP contribution in [0.25, 0.3) is 0 Å². The lowest BCUT2D eigenvalue weighted by Crippen LogP contribution is -2.37. The Balaban J connectivity index is 0.00000163. The highest BCUT2D eigenvalue weighted by Crippen LogP contribution is 2.24. The Morgan fingerprint density at radius 3 is 2.54 bits per heavy atom. The maximum atomic E-state index is 11.1. The largest absolute Gasteiger partial charge is 0.504 e. The number of carboxylic acids is 1. The summed E-state index contributed by atoms with van der Waals surface area (Å²) in [4.78, 5) is 19.7. The second kappa shape index (κ2) is 12.7. The molecule has 24 heavy (non-hydrogen) atoms. The zero-order chi connectivity index (χ0) is 18.4. The van der Waals surface area contributed by atoms with Gasteiger partial charge in [0, 0.05) is 6.42 Å². The van der Waals surface area contributed by atoms with Crippen LogP contribution in [0.5, 0.6) is 11.5 Å². The summed E-state index contributed by atoms with van der Waals surface area (Å²) in [5.74, 6) is -1.26. The molecule has 0 aliphatic carbocycles. The molecule has 8 heteroatoms. The molecule has 0 fully saturated rings. The first-order valence-electron chi connectivity index (χ1n) is 7.45. The van der Waals surface area contributed by atoms with E-state index in [0.717, 1.165) is 5.56 Å². The number of phenols is 2. The highest BCUT2D eigenvalue weighted by Gasteiger charge is 2.15. The third kappa shape index (κ3) is 9.27. The van der Waals surface area contributed by atoms with Crippen molar-refractivity contribution in [3.05, 3.63) is 23.8 Å². The topological polar surface area (TPSA) is 157 Å². The molecule has 0 radical (unpaired) electrons. The molecular formula is C16H23N3O5. The van der Waals surface area contributed by atoms with Crippen LogP contribution in [0.3, 0.4) is 0 Å². The smallest absolute Gasteiger partial charge is 0.320 e. The number of primary amides is 1. The Hall–Kier alpha value is -2.79. The van der Waals surface area contributed by atoms with Crippen molar-refractivity contribution in [3.8, 4) is 17.6 Å². The molecule has 0 bridgehead atoms. The van der Waals surface area contributed by atoms with Gasteiger partial charge in [-0.2, -0.15) is 5.26 Å². The van der Waals surface area contributed by atoms with E-state index in [4.69, 9.17) is 15.2 Å². The molecule has 1 unspecified atom stereocenters. The van der Waals surface area contributed by atoms with Gasteiger partial charge in [0.1, 0.15) is 6.04 Å². The average molecular weight is 337 g/mol. The number of aliphatic carboxylic acids is 1. The first-order valence-corrected chi connectivity index (χ1v) is 7.45. The van der Waals surface area contributed by atoms with Gasteiger partial charge in [0.15, 0.2) is 11.5 Å². The summed E-state index contributed by atoms with van der Waals surface area (Å²) in [6.45, 7) is 0.458. The minimum atomic E-state index is -0.902. The van der Waals surface area contributed by atoms with Crippen molar-refractivity contribution in [2.45, 2.75) is 38.1 Å². The summed E-state index contributed by atoms with van der Waals surface area (Å²) in [6, 6.07) is 5.95. The van der Waals surface area contributed by atoms with Gasteiger partial charge < -0.3 is 26.4 Å². The summed E-state index contributed by atoms with van der Waals surface area (Å²) in [6.07, 6.45) is 3.12. The van der Waals surface area contributed by atoms with Crippen LogP contribution in [0, 0.1) is 11.3 Å². The molecule has 0 aliphatic heterocycles. The van der Waals surface area contributed by atoms with Gasteiger partial charge in [-0.15, -0.1) is 0 Å². The van der Waals surface area contributed by atoms with Crippen molar-refractivity contribution in [3.63, 3.8) is 0 Å². The third-order valence-corrected chi connectivity index (χ3v) is 3.17. The normalized spacial score (nSPS) is 10.8. The number of nitrogens with zero attached hydrogens (tertiary/aromatic N) is 1. The lowest BCUT2D eigenvalue weighted by atomic mass is 10.1. The Morgan fingerprint density at radius 2 is 2.00 bits per heavy atom. The summed E-state index contributed by atoms with van der Waals surface area (Å²) in [5, 5.41) is 39.1. The number of aromatic hydroxyl groups is 2. The molecule has 1 atom stereocenters. The summed E-state index contributed by atoms with van der Waals surface area (Å²) < 4.78 is 0. The molecule has 6 N–H and O–H groups in total. The zero-order valence-electron chi connectivity index (χ0n) is 13.3. The number of phenolic OH excluding ortho intramolecular Hbond substituents is 2. The van der Waals surface area contributed by atoms with Gasteiger partial charge in [0.25, 0.3) is 0 Å². The molecule has 0 aliphatic rings. The third-order valence-electron chi connectivity index (χ3n) is 3.17. The number of nitriles is 1. The van der Waals surface area contributed by atoms with E-state index in [-0.39, 0.29) is 17.9 Å². The zero-order valence-corrected chi connectivity index (χ0v) is 13.3. The summed E-state index contributed by atoms with van der Waals surface area (Å²) >= 11 is 0. The maximum Gasteiger partial charge on any atom is 0.320 e. The van der Waals surface area contributed by atoms with Crippen LogP contribution in [0.2, 0.25) is 0 Å². The fourth-order valence-corrected chi connectivity index (χ4v) is 1.98. The number of hydrogen-bond donors (Lipinski definition) is 5. The SMILES string of the molecule is N#CCCCCC(NCCc1ccc(O)c(O)c1)C(=O)O.NC=O. The van der Waals surface area contributed by atoms with Crippen LogP contribution >= 0.6 is 0 Å². The second-order valence-corrected chi connectivity index (χ2v) is 4.96. The Bertz CT molecular complexity index is 557. The lowest BCUT2D eigenvalue weighted by Gasteiger charge is -2.14. The standard InChI is InChI=1S/C15H20N2O4.CH3NO/c16-8-3-1-2-4-12(15(20)21)17-9-7-11-5-6-13(18)14(19)10-11;2-1-3/h5-6,10,12,17-19H,1-4,7,9H2,(H,20,21);1H,(H2,2,3). The number of benzene rings is 1. The van der Waals surface area contributed by atoms with E-state index in [1.807, 2.05) is 6.07 Å².